The van der Waals surface area contributed by atoms with Crippen molar-refractivity contribution in [3.8, 4) is 11.5 Å². The number of amides is 1. The summed E-state index contributed by atoms with van der Waals surface area (Å²) in [6, 6.07) is 18.8. The van der Waals surface area contributed by atoms with Gasteiger partial charge in [-0.2, -0.15) is 0 Å². The molecule has 0 fully saturated rings. The zero-order valence-corrected chi connectivity index (χ0v) is 21.6. The van der Waals surface area contributed by atoms with Crippen LogP contribution >= 0.6 is 0 Å². The molecule has 7 nitrogen and oxygen atoms in total. The van der Waals surface area contributed by atoms with E-state index < -0.39 is 22.5 Å². The molecule has 1 amide bonds. The van der Waals surface area contributed by atoms with Gasteiger partial charge < -0.3 is 14.8 Å². The summed E-state index contributed by atoms with van der Waals surface area (Å²) in [7, 11) is -0.959. The number of ether oxygens (including phenoxy) is 2. The van der Waals surface area contributed by atoms with Crippen LogP contribution in [0.3, 0.4) is 0 Å². The number of nitrogens with zero attached hydrogens (tertiary/aromatic N) is 1. The summed E-state index contributed by atoms with van der Waals surface area (Å²) < 4.78 is 39.2. The van der Waals surface area contributed by atoms with E-state index in [1.807, 2.05) is 45.0 Å². The summed E-state index contributed by atoms with van der Waals surface area (Å²) in [6.45, 7) is 5.36. The first-order chi connectivity index (χ1) is 16.7. The molecular formula is C27H32N2O5S. The highest BCUT2D eigenvalue weighted by Crippen LogP contribution is 2.33. The second-order valence-corrected chi connectivity index (χ2v) is 10.1. The summed E-state index contributed by atoms with van der Waals surface area (Å²) >= 11 is 0. The van der Waals surface area contributed by atoms with Crippen LogP contribution < -0.4 is 19.1 Å². The van der Waals surface area contributed by atoms with E-state index in [0.29, 0.717) is 17.9 Å². The average Bonchev–Trinajstić information content (AvgIpc) is 2.86. The van der Waals surface area contributed by atoms with Crippen molar-refractivity contribution in [2.24, 2.45) is 0 Å². The number of carbonyl (C=O) groups excluding carboxylic acids is 1. The van der Waals surface area contributed by atoms with Crippen LogP contribution in [0.2, 0.25) is 0 Å². The normalized spacial score (nSPS) is 12.0. The molecule has 35 heavy (non-hydrogen) atoms. The Balaban J connectivity index is 1.96. The van der Waals surface area contributed by atoms with Crippen molar-refractivity contribution in [2.45, 2.75) is 38.1 Å². The van der Waals surface area contributed by atoms with Gasteiger partial charge >= 0.3 is 0 Å². The Morgan fingerprint density at radius 1 is 0.943 bits per heavy atom. The Bertz CT molecular complexity index is 1280. The molecule has 1 atom stereocenters. The maximum Gasteiger partial charge on any atom is 0.264 e. The minimum Gasteiger partial charge on any atom is -0.496 e. The molecule has 0 saturated heterocycles. The molecule has 3 aromatic carbocycles. The highest BCUT2D eigenvalue weighted by Gasteiger charge is 2.30. The number of methoxy groups -OCH3 is 2. The van der Waals surface area contributed by atoms with E-state index in [9.17, 15) is 13.2 Å². The summed E-state index contributed by atoms with van der Waals surface area (Å²) in [5, 5.41) is 3.00. The zero-order valence-electron chi connectivity index (χ0n) is 20.7. The number of hydrogen-bond donors (Lipinski definition) is 1. The Morgan fingerprint density at radius 2 is 1.60 bits per heavy atom. The minimum absolute atomic E-state index is 0.0918. The van der Waals surface area contributed by atoms with Crippen molar-refractivity contribution >= 4 is 21.6 Å². The third-order valence-electron chi connectivity index (χ3n) is 5.79. The van der Waals surface area contributed by atoms with Crippen molar-refractivity contribution < 1.29 is 22.7 Å². The Labute approximate surface area is 207 Å². The van der Waals surface area contributed by atoms with Crippen LogP contribution in [-0.4, -0.2) is 35.1 Å². The van der Waals surface area contributed by atoms with Crippen LogP contribution in [0, 0.1) is 13.8 Å². The van der Waals surface area contributed by atoms with Crippen molar-refractivity contribution in [3.63, 3.8) is 0 Å². The second kappa shape index (κ2) is 11.3. The molecule has 186 valence electrons. The fraction of sp³-hybridized carbons (Fsp3) is 0.296. The van der Waals surface area contributed by atoms with Crippen LogP contribution in [0.5, 0.6) is 11.5 Å². The number of hydrogen-bond acceptors (Lipinski definition) is 5. The van der Waals surface area contributed by atoms with Gasteiger partial charge in [-0.3, -0.25) is 9.10 Å². The molecule has 0 aliphatic heterocycles. The van der Waals surface area contributed by atoms with E-state index in [0.717, 1.165) is 26.7 Å². The van der Waals surface area contributed by atoms with Gasteiger partial charge in [0.05, 0.1) is 30.8 Å². The molecule has 3 aromatic rings. The number of nitrogens with one attached hydrogen (secondary N) is 1. The first-order valence-electron chi connectivity index (χ1n) is 11.4. The van der Waals surface area contributed by atoms with Gasteiger partial charge in [-0.25, -0.2) is 8.42 Å². The standard InChI is InChI=1S/C27H32N2O5S/c1-6-23(21-13-15-25(33-4)20(3)17-21)28-27(30)18-29(24-16-19(2)12-14-26(24)34-5)35(31,32)22-10-8-7-9-11-22/h7-17,23H,6,18H2,1-5H3,(H,28,30). The van der Waals surface area contributed by atoms with Crippen molar-refractivity contribution in [1.29, 1.82) is 0 Å². The lowest BCUT2D eigenvalue weighted by atomic mass is 10.0. The van der Waals surface area contributed by atoms with Gasteiger partial charge in [-0.1, -0.05) is 43.3 Å². The van der Waals surface area contributed by atoms with Crippen LogP contribution in [0.25, 0.3) is 0 Å². The smallest absolute Gasteiger partial charge is 0.264 e. The molecule has 0 aromatic heterocycles. The van der Waals surface area contributed by atoms with Crippen LogP contribution in [0.4, 0.5) is 5.69 Å². The van der Waals surface area contributed by atoms with Crippen LogP contribution in [0.1, 0.15) is 36.1 Å². The third kappa shape index (κ3) is 5.95. The molecule has 0 heterocycles. The molecule has 0 radical (unpaired) electrons. The predicted octanol–water partition coefficient (Wildman–Crippen LogP) is 4.78. The van der Waals surface area contributed by atoms with Crippen LogP contribution in [-0.2, 0) is 14.8 Å². The van der Waals surface area contributed by atoms with Gasteiger partial charge in [0.1, 0.15) is 18.0 Å². The van der Waals surface area contributed by atoms with Gasteiger partial charge in [-0.05, 0) is 67.3 Å². The van der Waals surface area contributed by atoms with E-state index >= 15 is 0 Å². The molecule has 3 rings (SSSR count). The predicted molar refractivity (Wildman–Crippen MR) is 138 cm³/mol. The number of sulfonamides is 1. The van der Waals surface area contributed by atoms with Crippen molar-refractivity contribution in [1.82, 2.24) is 5.32 Å². The third-order valence-corrected chi connectivity index (χ3v) is 7.56. The Hall–Kier alpha value is -3.52. The van der Waals surface area contributed by atoms with Crippen molar-refractivity contribution in [2.75, 3.05) is 25.1 Å². The number of aryl methyl sites for hydroxylation is 2. The first-order valence-corrected chi connectivity index (χ1v) is 12.8. The van der Waals surface area contributed by atoms with E-state index in [1.54, 1.807) is 37.4 Å². The summed E-state index contributed by atoms with van der Waals surface area (Å²) in [6.07, 6.45) is 0.636. The summed E-state index contributed by atoms with van der Waals surface area (Å²) in [4.78, 5) is 13.3. The van der Waals surface area contributed by atoms with Crippen LogP contribution in [0.15, 0.2) is 71.6 Å². The first kappa shape index (κ1) is 26.1. The van der Waals surface area contributed by atoms with Gasteiger partial charge in [0.25, 0.3) is 10.0 Å². The van der Waals surface area contributed by atoms with Crippen molar-refractivity contribution in [3.05, 3.63) is 83.4 Å². The Morgan fingerprint density at radius 3 is 2.20 bits per heavy atom. The second-order valence-electron chi connectivity index (χ2n) is 8.26. The highest BCUT2D eigenvalue weighted by molar-refractivity contribution is 7.92. The van der Waals surface area contributed by atoms with E-state index in [2.05, 4.69) is 5.32 Å². The highest BCUT2D eigenvalue weighted by atomic mass is 32.2. The maximum atomic E-state index is 13.7. The Kier molecular flexibility index (Phi) is 8.40. The summed E-state index contributed by atoms with van der Waals surface area (Å²) in [5.74, 6) is 0.704. The molecular weight excluding hydrogens is 464 g/mol. The molecule has 0 spiro atoms. The molecule has 1 N–H and O–H groups in total. The van der Waals surface area contributed by atoms with Gasteiger partial charge in [0.2, 0.25) is 5.91 Å². The molecule has 8 heteroatoms. The van der Waals surface area contributed by atoms with Gasteiger partial charge in [0, 0.05) is 0 Å². The molecule has 0 saturated carbocycles. The van der Waals surface area contributed by atoms with Gasteiger partial charge in [0.15, 0.2) is 0 Å². The van der Waals surface area contributed by atoms with Gasteiger partial charge in [-0.15, -0.1) is 0 Å². The number of rotatable bonds is 10. The minimum atomic E-state index is -4.05. The lowest BCUT2D eigenvalue weighted by molar-refractivity contribution is -0.120. The maximum absolute atomic E-state index is 13.7. The van der Waals surface area contributed by atoms with E-state index in [4.69, 9.17) is 9.47 Å². The molecule has 1 unspecified atom stereocenters. The lowest BCUT2D eigenvalue weighted by Crippen LogP contribution is -2.42. The quantitative estimate of drug-likeness (QED) is 0.437. The summed E-state index contributed by atoms with van der Waals surface area (Å²) in [5.41, 5.74) is 3.02. The molecule has 0 aliphatic rings. The fourth-order valence-corrected chi connectivity index (χ4v) is 5.37. The lowest BCUT2D eigenvalue weighted by Gasteiger charge is -2.27. The largest absolute Gasteiger partial charge is 0.496 e. The molecule has 0 bridgehead atoms. The number of anilines is 1. The topological polar surface area (TPSA) is 84.9 Å². The zero-order chi connectivity index (χ0) is 25.6. The van der Waals surface area contributed by atoms with E-state index in [-0.39, 0.29) is 10.9 Å². The SMILES string of the molecule is CCC(NC(=O)CN(c1cc(C)ccc1OC)S(=O)(=O)c1ccccc1)c1ccc(OC)c(C)c1. The monoisotopic (exact) mass is 496 g/mol. The average molecular weight is 497 g/mol. The van der Waals surface area contributed by atoms with E-state index in [1.165, 1.54) is 19.2 Å². The number of carbonyl (C=O) groups is 1. The fourth-order valence-electron chi connectivity index (χ4n) is 3.92. The number of benzene rings is 3. The molecule has 0 aliphatic carbocycles.